The lowest BCUT2D eigenvalue weighted by Gasteiger charge is -2.13. The van der Waals surface area contributed by atoms with E-state index in [9.17, 15) is 9.59 Å². The summed E-state index contributed by atoms with van der Waals surface area (Å²) in [5.74, 6) is 1.25. The largest absolute Gasteiger partial charge is 0.332 e. The number of nitrogens with one attached hydrogen (secondary N) is 1. The summed E-state index contributed by atoms with van der Waals surface area (Å²) in [6, 6.07) is 3.66. The van der Waals surface area contributed by atoms with Crippen molar-refractivity contribution >= 4 is 28.7 Å². The summed E-state index contributed by atoms with van der Waals surface area (Å²) in [4.78, 5) is 28.8. The van der Waals surface area contributed by atoms with Crippen LogP contribution < -0.4 is 5.32 Å². The van der Waals surface area contributed by atoms with E-state index in [1.54, 1.807) is 17.2 Å². The highest BCUT2D eigenvalue weighted by Crippen LogP contribution is 2.17. The third-order valence-corrected chi connectivity index (χ3v) is 3.52. The third kappa shape index (κ3) is 3.46. The molecule has 0 unspecified atom stereocenters. The summed E-state index contributed by atoms with van der Waals surface area (Å²) in [5, 5.41) is 2.78. The van der Waals surface area contributed by atoms with Gasteiger partial charge < -0.3 is 10.2 Å². The number of carbonyl (C=O) groups is 2. The second-order valence-electron chi connectivity index (χ2n) is 4.12. The summed E-state index contributed by atoms with van der Waals surface area (Å²) in [5.41, 5.74) is 1.05. The molecule has 5 nitrogen and oxygen atoms in total. The number of rotatable bonds is 4. The Hall–Kier alpha value is -1.56. The number of hydrogen-bond acceptors (Lipinski definition) is 4. The van der Waals surface area contributed by atoms with Crippen LogP contribution in [0.15, 0.2) is 18.3 Å². The van der Waals surface area contributed by atoms with Gasteiger partial charge in [0.05, 0.1) is 0 Å². The van der Waals surface area contributed by atoms with Gasteiger partial charge in [0.2, 0.25) is 5.91 Å². The van der Waals surface area contributed by atoms with Crippen LogP contribution >= 0.6 is 11.8 Å². The first-order chi connectivity index (χ1) is 8.65. The molecule has 0 radical (unpaired) electrons. The van der Waals surface area contributed by atoms with Crippen LogP contribution in [-0.4, -0.2) is 39.9 Å². The standard InChI is InChI=1S/C12H15N3O2S/c1-9-2-3-10(13-8-9)14-11(16)4-5-15-6-7-18-12(15)17/h2-3,8H,4-7H2,1H3,(H,13,14,16). The van der Waals surface area contributed by atoms with Crippen LogP contribution in [0.3, 0.4) is 0 Å². The molecule has 1 aliphatic heterocycles. The fraction of sp³-hybridized carbons (Fsp3) is 0.417. The molecule has 0 saturated carbocycles. The maximum Gasteiger partial charge on any atom is 0.281 e. The summed E-state index contributed by atoms with van der Waals surface area (Å²) in [7, 11) is 0. The Bertz CT molecular complexity index is 447. The van der Waals surface area contributed by atoms with E-state index in [-0.39, 0.29) is 11.1 Å². The molecule has 0 aliphatic carbocycles. The highest BCUT2D eigenvalue weighted by atomic mass is 32.2. The van der Waals surface area contributed by atoms with E-state index in [2.05, 4.69) is 10.3 Å². The summed E-state index contributed by atoms with van der Waals surface area (Å²) >= 11 is 1.31. The second kappa shape index (κ2) is 5.86. The topological polar surface area (TPSA) is 62.3 Å². The van der Waals surface area contributed by atoms with Crippen molar-refractivity contribution in [1.82, 2.24) is 9.88 Å². The van der Waals surface area contributed by atoms with Crippen molar-refractivity contribution in [2.45, 2.75) is 13.3 Å². The number of nitrogens with zero attached hydrogens (tertiary/aromatic N) is 2. The summed E-state index contributed by atoms with van der Waals surface area (Å²) in [6.07, 6.45) is 2.01. The molecule has 0 spiro atoms. The molecule has 1 N–H and O–H groups in total. The Labute approximate surface area is 110 Å². The molecular weight excluding hydrogens is 250 g/mol. The summed E-state index contributed by atoms with van der Waals surface area (Å²) < 4.78 is 0. The molecule has 1 saturated heterocycles. The highest BCUT2D eigenvalue weighted by Gasteiger charge is 2.21. The maximum absolute atomic E-state index is 11.7. The molecule has 96 valence electrons. The second-order valence-corrected chi connectivity index (χ2v) is 5.17. The van der Waals surface area contributed by atoms with E-state index >= 15 is 0 Å². The van der Waals surface area contributed by atoms with Gasteiger partial charge >= 0.3 is 0 Å². The molecule has 2 rings (SSSR count). The van der Waals surface area contributed by atoms with E-state index in [1.807, 2.05) is 13.0 Å². The molecule has 0 atom stereocenters. The Balaban J connectivity index is 1.78. The molecule has 1 aliphatic rings. The van der Waals surface area contributed by atoms with Crippen LogP contribution in [0.4, 0.5) is 10.6 Å². The molecule has 1 fully saturated rings. The van der Waals surface area contributed by atoms with Gasteiger partial charge in [-0.25, -0.2) is 4.98 Å². The molecule has 0 aromatic carbocycles. The first kappa shape index (κ1) is 12.9. The van der Waals surface area contributed by atoms with Crippen molar-refractivity contribution in [2.24, 2.45) is 0 Å². The SMILES string of the molecule is Cc1ccc(NC(=O)CCN2CCSC2=O)nc1. The van der Waals surface area contributed by atoms with E-state index in [1.165, 1.54) is 11.8 Å². The van der Waals surface area contributed by atoms with Crippen LogP contribution in [0.2, 0.25) is 0 Å². The number of anilines is 1. The molecule has 0 bridgehead atoms. The van der Waals surface area contributed by atoms with Gasteiger partial charge in [-0.05, 0) is 18.6 Å². The van der Waals surface area contributed by atoms with Gasteiger partial charge in [-0.3, -0.25) is 9.59 Å². The van der Waals surface area contributed by atoms with Crippen LogP contribution in [0.1, 0.15) is 12.0 Å². The molecule has 1 aromatic rings. The van der Waals surface area contributed by atoms with E-state index in [4.69, 9.17) is 0 Å². The Morgan fingerprint density at radius 3 is 3.00 bits per heavy atom. The number of thioether (sulfide) groups is 1. The zero-order valence-electron chi connectivity index (χ0n) is 10.2. The van der Waals surface area contributed by atoms with E-state index < -0.39 is 0 Å². The van der Waals surface area contributed by atoms with Crippen molar-refractivity contribution in [3.8, 4) is 0 Å². The minimum absolute atomic E-state index is 0.0660. The predicted octanol–water partition coefficient (Wildman–Crippen LogP) is 1.89. The van der Waals surface area contributed by atoms with Crippen LogP contribution in [0.5, 0.6) is 0 Å². The maximum atomic E-state index is 11.7. The average Bonchev–Trinajstić information content (AvgIpc) is 2.75. The van der Waals surface area contributed by atoms with Crippen LogP contribution in [0, 0.1) is 6.92 Å². The number of pyridine rings is 1. The number of carbonyl (C=O) groups excluding carboxylic acids is 2. The first-order valence-corrected chi connectivity index (χ1v) is 6.78. The van der Waals surface area contributed by atoms with Gasteiger partial charge in [-0.2, -0.15) is 0 Å². The first-order valence-electron chi connectivity index (χ1n) is 5.79. The number of aryl methyl sites for hydroxylation is 1. The Morgan fingerprint density at radius 2 is 2.39 bits per heavy atom. The summed E-state index contributed by atoms with van der Waals surface area (Å²) in [6.45, 7) is 3.15. The van der Waals surface area contributed by atoms with Crippen molar-refractivity contribution in [2.75, 3.05) is 24.2 Å². The molecule has 18 heavy (non-hydrogen) atoms. The van der Waals surface area contributed by atoms with Crippen molar-refractivity contribution in [3.05, 3.63) is 23.9 Å². The van der Waals surface area contributed by atoms with Gasteiger partial charge in [0.1, 0.15) is 5.82 Å². The Kier molecular flexibility index (Phi) is 4.19. The normalized spacial score (nSPS) is 14.9. The number of hydrogen-bond donors (Lipinski definition) is 1. The van der Waals surface area contributed by atoms with Gasteiger partial charge in [-0.15, -0.1) is 0 Å². The van der Waals surface area contributed by atoms with Crippen LogP contribution in [-0.2, 0) is 4.79 Å². The molecular formula is C12H15N3O2S. The third-order valence-electron chi connectivity index (χ3n) is 2.63. The van der Waals surface area contributed by atoms with Gasteiger partial charge in [0.15, 0.2) is 0 Å². The number of aromatic nitrogens is 1. The fourth-order valence-electron chi connectivity index (χ4n) is 1.61. The lowest BCUT2D eigenvalue weighted by atomic mass is 10.3. The van der Waals surface area contributed by atoms with Crippen LogP contribution in [0.25, 0.3) is 0 Å². The Morgan fingerprint density at radius 1 is 1.56 bits per heavy atom. The molecule has 1 aromatic heterocycles. The monoisotopic (exact) mass is 265 g/mol. The van der Waals surface area contributed by atoms with Crippen molar-refractivity contribution in [1.29, 1.82) is 0 Å². The van der Waals surface area contributed by atoms with Crippen molar-refractivity contribution in [3.63, 3.8) is 0 Å². The lowest BCUT2D eigenvalue weighted by molar-refractivity contribution is -0.116. The van der Waals surface area contributed by atoms with E-state index in [0.717, 1.165) is 17.9 Å². The van der Waals surface area contributed by atoms with Gasteiger partial charge in [0.25, 0.3) is 5.24 Å². The smallest absolute Gasteiger partial charge is 0.281 e. The number of amides is 2. The average molecular weight is 265 g/mol. The molecule has 6 heteroatoms. The molecule has 2 heterocycles. The lowest BCUT2D eigenvalue weighted by Crippen LogP contribution is -2.27. The zero-order chi connectivity index (χ0) is 13.0. The fourth-order valence-corrected chi connectivity index (χ4v) is 2.46. The van der Waals surface area contributed by atoms with Gasteiger partial charge in [-0.1, -0.05) is 17.8 Å². The van der Waals surface area contributed by atoms with Crippen molar-refractivity contribution < 1.29 is 9.59 Å². The highest BCUT2D eigenvalue weighted by molar-refractivity contribution is 8.13. The van der Waals surface area contributed by atoms with E-state index in [0.29, 0.717) is 18.8 Å². The zero-order valence-corrected chi connectivity index (χ0v) is 11.0. The minimum atomic E-state index is -0.115. The predicted molar refractivity (Wildman–Crippen MR) is 71.6 cm³/mol. The van der Waals surface area contributed by atoms with Gasteiger partial charge in [0, 0.05) is 31.5 Å². The molecule has 2 amide bonds. The quantitative estimate of drug-likeness (QED) is 0.903. The minimum Gasteiger partial charge on any atom is -0.332 e.